The Hall–Kier alpha value is -0.600. The highest BCUT2D eigenvalue weighted by Gasteiger charge is 2.51. The maximum atomic E-state index is 11.0. The fourth-order valence-corrected chi connectivity index (χ4v) is 4.40. The van der Waals surface area contributed by atoms with Gasteiger partial charge in [0.2, 0.25) is 0 Å². The van der Waals surface area contributed by atoms with E-state index in [0.717, 1.165) is 0 Å². The van der Waals surface area contributed by atoms with Gasteiger partial charge in [0.05, 0.1) is 25.3 Å². The topological polar surface area (TPSA) is 283 Å². The molecule has 0 amide bonds. The van der Waals surface area contributed by atoms with Crippen LogP contribution in [-0.4, -0.2) is 141 Å². The van der Waals surface area contributed by atoms with Gasteiger partial charge in [0.25, 0.3) is 0 Å². The van der Waals surface area contributed by atoms with E-state index in [1.807, 2.05) is 0 Å². The van der Waals surface area contributed by atoms with Gasteiger partial charge in [0, 0.05) is 12.1 Å². The molecule has 0 radical (unpaired) electrons. The molecule has 1 aliphatic carbocycles. The average molecular weight is 485 g/mol. The Morgan fingerprint density at radius 1 is 0.606 bits per heavy atom. The number of ether oxygens (including phenoxy) is 4. The third kappa shape index (κ3) is 5.32. The van der Waals surface area contributed by atoms with Gasteiger partial charge in [-0.05, 0) is 6.42 Å². The van der Waals surface area contributed by atoms with Crippen LogP contribution in [0.5, 0.6) is 0 Å². The summed E-state index contributed by atoms with van der Waals surface area (Å²) in [7, 11) is 0. The number of hydrogen-bond acceptors (Lipinski definition) is 15. The zero-order chi connectivity index (χ0) is 24.6. The molecule has 194 valence electrons. The van der Waals surface area contributed by atoms with Crippen molar-refractivity contribution in [1.29, 1.82) is 0 Å². The van der Waals surface area contributed by atoms with E-state index in [4.69, 9.17) is 41.9 Å². The summed E-state index contributed by atoms with van der Waals surface area (Å²) >= 11 is 0. The van der Waals surface area contributed by atoms with Crippen molar-refractivity contribution in [2.24, 2.45) is 22.9 Å². The van der Waals surface area contributed by atoms with Crippen LogP contribution in [0.1, 0.15) is 6.42 Å². The molecule has 8 unspecified atom stereocenters. The predicted octanol–water partition coefficient (Wildman–Crippen LogP) is -7.29. The van der Waals surface area contributed by atoms with Crippen LogP contribution in [0.4, 0.5) is 0 Å². The molecule has 3 fully saturated rings. The first-order chi connectivity index (χ1) is 15.5. The number of nitrogens with two attached hydrogens (primary N) is 4. The van der Waals surface area contributed by atoms with Crippen molar-refractivity contribution < 1.29 is 54.7 Å². The highest BCUT2D eigenvalue weighted by molar-refractivity contribution is 5.01. The molecule has 2 saturated heterocycles. The number of hydrogen-bond donors (Lipinski definition) is 11. The quantitative estimate of drug-likeness (QED) is 0.167. The SMILES string of the molecule is NC1C[C@@H](N)C(OC2OC(CO)[C@@H](O)[C@H](O)C2N)[C@H](O)C1O[C@H]1OC(CO)[C@@H](O)[C@H](N)C1O. The van der Waals surface area contributed by atoms with Crippen LogP contribution < -0.4 is 22.9 Å². The van der Waals surface area contributed by atoms with Crippen LogP contribution in [0.15, 0.2) is 0 Å². The van der Waals surface area contributed by atoms with E-state index in [2.05, 4.69) is 0 Å². The number of aliphatic hydroxyl groups excluding tert-OH is 7. The Labute approximate surface area is 189 Å². The standard InChI is InChI=1S/C18H36N4O11/c19-4-1-5(20)16(33-18-13(28)8(21)10(25)6(2-23)31-18)14(29)15(4)32-17-9(22)12(27)11(26)7(3-24)30-17/h4-18,23-29H,1-3,19-22H2/t4-,5?,6?,7?,8+,9?,10-,11-,12-,13?,14+,15?,16?,17?,18-/m1/s1. The molecule has 2 heterocycles. The van der Waals surface area contributed by atoms with Gasteiger partial charge in [-0.1, -0.05) is 0 Å². The Kier molecular flexibility index (Phi) is 8.99. The molecule has 15 N–H and O–H groups in total. The van der Waals surface area contributed by atoms with Gasteiger partial charge in [0.15, 0.2) is 12.6 Å². The highest BCUT2D eigenvalue weighted by Crippen LogP contribution is 2.30. The second-order valence-corrected chi connectivity index (χ2v) is 8.82. The van der Waals surface area contributed by atoms with Gasteiger partial charge in [-0.25, -0.2) is 0 Å². The first-order valence-corrected chi connectivity index (χ1v) is 10.8. The molecule has 15 atom stereocenters. The van der Waals surface area contributed by atoms with E-state index in [0.29, 0.717) is 0 Å². The van der Waals surface area contributed by atoms with Crippen LogP contribution >= 0.6 is 0 Å². The van der Waals surface area contributed by atoms with Gasteiger partial charge in [-0.15, -0.1) is 0 Å². The molecule has 0 spiro atoms. The van der Waals surface area contributed by atoms with E-state index in [9.17, 15) is 35.7 Å². The largest absolute Gasteiger partial charge is 0.394 e. The van der Waals surface area contributed by atoms with Crippen LogP contribution in [0.2, 0.25) is 0 Å². The maximum absolute atomic E-state index is 11.0. The van der Waals surface area contributed by atoms with Gasteiger partial charge < -0.3 is 77.6 Å². The minimum Gasteiger partial charge on any atom is -0.394 e. The van der Waals surface area contributed by atoms with Crippen LogP contribution in [0.25, 0.3) is 0 Å². The zero-order valence-corrected chi connectivity index (χ0v) is 17.9. The summed E-state index contributed by atoms with van der Waals surface area (Å²) in [5.74, 6) is 0. The van der Waals surface area contributed by atoms with Gasteiger partial charge in [-0.2, -0.15) is 0 Å². The maximum Gasteiger partial charge on any atom is 0.186 e. The fourth-order valence-electron chi connectivity index (χ4n) is 4.40. The predicted molar refractivity (Wildman–Crippen MR) is 108 cm³/mol. The molecular formula is C18H36N4O11. The molecule has 15 heteroatoms. The van der Waals surface area contributed by atoms with Crippen molar-refractivity contribution in [3.05, 3.63) is 0 Å². The van der Waals surface area contributed by atoms with Crippen molar-refractivity contribution in [3.63, 3.8) is 0 Å². The van der Waals surface area contributed by atoms with E-state index in [-0.39, 0.29) is 6.42 Å². The summed E-state index contributed by atoms with van der Waals surface area (Å²) in [4.78, 5) is 0. The molecule has 0 aromatic rings. The van der Waals surface area contributed by atoms with Crippen LogP contribution in [0.3, 0.4) is 0 Å². The normalized spacial score (nSPS) is 53.7. The van der Waals surface area contributed by atoms with Crippen LogP contribution in [0, 0.1) is 0 Å². The van der Waals surface area contributed by atoms with Gasteiger partial charge >= 0.3 is 0 Å². The third-order valence-electron chi connectivity index (χ3n) is 6.51. The Morgan fingerprint density at radius 2 is 1.09 bits per heavy atom. The first kappa shape index (κ1) is 27.0. The Morgan fingerprint density at radius 3 is 1.64 bits per heavy atom. The van der Waals surface area contributed by atoms with Crippen molar-refractivity contribution in [2.45, 2.75) is 98.1 Å². The molecular weight excluding hydrogens is 448 g/mol. The average Bonchev–Trinajstić information content (AvgIpc) is 2.79. The molecule has 2 aliphatic heterocycles. The first-order valence-electron chi connectivity index (χ1n) is 10.8. The summed E-state index contributed by atoms with van der Waals surface area (Å²) in [6.07, 6.45) is -14.5. The van der Waals surface area contributed by atoms with E-state index in [1.165, 1.54) is 0 Å². The monoisotopic (exact) mass is 484 g/mol. The molecule has 3 aliphatic rings. The number of aliphatic hydroxyl groups is 7. The summed E-state index contributed by atoms with van der Waals surface area (Å²) in [5.41, 5.74) is 23.9. The fraction of sp³-hybridized carbons (Fsp3) is 1.00. The van der Waals surface area contributed by atoms with Crippen molar-refractivity contribution in [3.8, 4) is 0 Å². The Bertz CT molecular complexity index is 584. The zero-order valence-electron chi connectivity index (χ0n) is 17.9. The molecule has 0 aromatic heterocycles. The van der Waals surface area contributed by atoms with Crippen molar-refractivity contribution in [1.82, 2.24) is 0 Å². The van der Waals surface area contributed by atoms with Gasteiger partial charge in [0.1, 0.15) is 54.9 Å². The lowest BCUT2D eigenvalue weighted by atomic mass is 9.84. The third-order valence-corrected chi connectivity index (χ3v) is 6.51. The molecule has 1 saturated carbocycles. The Balaban J connectivity index is 1.72. The number of rotatable bonds is 6. The van der Waals surface area contributed by atoms with Crippen molar-refractivity contribution >= 4 is 0 Å². The lowest BCUT2D eigenvalue weighted by molar-refractivity contribution is -0.320. The molecule has 3 rings (SSSR count). The van der Waals surface area contributed by atoms with Crippen LogP contribution in [-0.2, 0) is 18.9 Å². The van der Waals surface area contributed by atoms with Crippen molar-refractivity contribution in [2.75, 3.05) is 13.2 Å². The summed E-state index contributed by atoms with van der Waals surface area (Å²) in [6, 6.07) is -4.04. The lowest BCUT2D eigenvalue weighted by Crippen LogP contribution is -2.69. The lowest BCUT2D eigenvalue weighted by Gasteiger charge is -2.48. The second-order valence-electron chi connectivity index (χ2n) is 8.82. The smallest absolute Gasteiger partial charge is 0.186 e. The summed E-state index contributed by atoms with van der Waals surface area (Å²) in [6.45, 7) is -1.20. The van der Waals surface area contributed by atoms with Gasteiger partial charge in [-0.3, -0.25) is 0 Å². The minimum atomic E-state index is -1.49. The second kappa shape index (κ2) is 11.0. The van der Waals surface area contributed by atoms with E-state index in [1.54, 1.807) is 0 Å². The molecule has 15 nitrogen and oxygen atoms in total. The summed E-state index contributed by atoms with van der Waals surface area (Å²) < 4.78 is 22.3. The highest BCUT2D eigenvalue weighted by atomic mass is 16.7. The molecule has 0 aromatic carbocycles. The molecule has 33 heavy (non-hydrogen) atoms. The minimum absolute atomic E-state index is 0.101. The summed E-state index contributed by atoms with van der Waals surface area (Å²) in [5, 5.41) is 70.1. The van der Waals surface area contributed by atoms with E-state index >= 15 is 0 Å². The molecule has 0 bridgehead atoms. The van der Waals surface area contributed by atoms with E-state index < -0.39 is 105 Å².